The van der Waals surface area contributed by atoms with Crippen LogP contribution in [0.2, 0.25) is 0 Å². The van der Waals surface area contributed by atoms with Crippen LogP contribution in [-0.2, 0) is 0 Å². The maximum absolute atomic E-state index is 13.0. The molecule has 0 saturated heterocycles. The molecule has 7 heteroatoms. The Kier molecular flexibility index (Phi) is 4.78. The number of pyridine rings is 1. The molecule has 1 heterocycles. The number of nitrogens with one attached hydrogen (secondary N) is 1. The predicted molar refractivity (Wildman–Crippen MR) is 80.9 cm³/mol. The third-order valence-electron chi connectivity index (χ3n) is 2.44. The largest absolute Gasteiger partial charge is 0.486 e. The minimum atomic E-state index is -0.573. The molecule has 5 nitrogen and oxygen atoms in total. The number of benzene rings is 1. The van der Waals surface area contributed by atoms with Crippen LogP contribution >= 0.6 is 12.2 Å². The first kappa shape index (κ1) is 14.9. The fraction of sp³-hybridized carbons (Fsp3) is 0.0714. The molecule has 0 fully saturated rings. The molecule has 21 heavy (non-hydrogen) atoms. The number of nitrogens with zero attached hydrogens (tertiary/aromatic N) is 1. The third kappa shape index (κ3) is 4.50. The van der Waals surface area contributed by atoms with Gasteiger partial charge in [-0.2, -0.15) is 0 Å². The van der Waals surface area contributed by atoms with E-state index in [1.807, 2.05) is 0 Å². The first-order chi connectivity index (χ1) is 10.0. The number of amides is 1. The number of rotatable bonds is 5. The van der Waals surface area contributed by atoms with E-state index in [0.717, 1.165) is 12.3 Å². The van der Waals surface area contributed by atoms with E-state index in [0.29, 0.717) is 11.4 Å². The van der Waals surface area contributed by atoms with Crippen molar-refractivity contribution in [1.29, 1.82) is 0 Å². The van der Waals surface area contributed by atoms with Crippen LogP contribution < -0.4 is 15.8 Å². The Hall–Kier alpha value is -2.54. The summed E-state index contributed by atoms with van der Waals surface area (Å²) in [6.07, 6.45) is 2.31. The second kappa shape index (κ2) is 6.76. The van der Waals surface area contributed by atoms with Crippen molar-refractivity contribution in [3.63, 3.8) is 0 Å². The number of hydrogen-bond donors (Lipinski definition) is 2. The van der Waals surface area contributed by atoms with Gasteiger partial charge in [-0.25, -0.2) is 4.39 Å². The molecule has 0 radical (unpaired) electrons. The van der Waals surface area contributed by atoms with Crippen LogP contribution in [0.25, 0.3) is 0 Å². The molecule has 0 aliphatic carbocycles. The zero-order valence-electron chi connectivity index (χ0n) is 10.9. The Morgan fingerprint density at radius 2 is 2.19 bits per heavy atom. The van der Waals surface area contributed by atoms with E-state index in [9.17, 15) is 9.18 Å². The number of aromatic nitrogens is 1. The molecule has 0 aliphatic rings. The summed E-state index contributed by atoms with van der Waals surface area (Å²) in [5.41, 5.74) is 5.98. The van der Waals surface area contributed by atoms with Gasteiger partial charge in [0.15, 0.2) is 0 Å². The van der Waals surface area contributed by atoms with Gasteiger partial charge in [0.2, 0.25) is 0 Å². The molecular weight excluding hydrogens is 293 g/mol. The quantitative estimate of drug-likeness (QED) is 0.828. The molecular formula is C14H12FN3O2S. The molecule has 0 bridgehead atoms. The van der Waals surface area contributed by atoms with E-state index in [1.165, 1.54) is 6.20 Å². The van der Waals surface area contributed by atoms with Crippen molar-refractivity contribution in [2.45, 2.75) is 0 Å². The van der Waals surface area contributed by atoms with Crippen LogP contribution in [0.3, 0.4) is 0 Å². The molecule has 108 valence electrons. The number of nitrogens with two attached hydrogens (primary N) is 1. The molecule has 0 saturated carbocycles. The lowest BCUT2D eigenvalue weighted by molar-refractivity contribution is 0.102. The number of anilines is 1. The van der Waals surface area contributed by atoms with Gasteiger partial charge in [0.25, 0.3) is 5.91 Å². The zero-order valence-corrected chi connectivity index (χ0v) is 11.7. The molecule has 2 rings (SSSR count). The zero-order chi connectivity index (χ0) is 15.2. The maximum atomic E-state index is 13.0. The summed E-state index contributed by atoms with van der Waals surface area (Å²) >= 11 is 4.71. The topological polar surface area (TPSA) is 77.2 Å². The van der Waals surface area contributed by atoms with Crippen molar-refractivity contribution in [3.8, 4) is 5.75 Å². The fourth-order valence-corrected chi connectivity index (χ4v) is 1.62. The Morgan fingerprint density at radius 1 is 1.38 bits per heavy atom. The van der Waals surface area contributed by atoms with Gasteiger partial charge in [-0.15, -0.1) is 0 Å². The standard InChI is InChI=1S/C14H12FN3O2S/c15-10-4-9(6-17-7-10)14(19)18-11-2-1-3-12(5-11)20-8-13(16)21/h1-7H,8H2,(H2,16,21)(H,18,19). The summed E-state index contributed by atoms with van der Waals surface area (Å²) in [6.45, 7) is 0.112. The third-order valence-corrected chi connectivity index (χ3v) is 2.56. The van der Waals surface area contributed by atoms with E-state index in [-0.39, 0.29) is 17.2 Å². The van der Waals surface area contributed by atoms with Crippen molar-refractivity contribution in [2.75, 3.05) is 11.9 Å². The van der Waals surface area contributed by atoms with Crippen LogP contribution in [0.4, 0.5) is 10.1 Å². The molecule has 2 aromatic rings. The van der Waals surface area contributed by atoms with Crippen LogP contribution in [-0.4, -0.2) is 22.5 Å². The van der Waals surface area contributed by atoms with Crippen LogP contribution in [0.1, 0.15) is 10.4 Å². The van der Waals surface area contributed by atoms with Gasteiger partial charge in [-0.05, 0) is 18.2 Å². The van der Waals surface area contributed by atoms with Crippen LogP contribution in [0.5, 0.6) is 5.75 Å². The minimum absolute atomic E-state index is 0.112. The van der Waals surface area contributed by atoms with E-state index in [4.69, 9.17) is 22.7 Å². The summed E-state index contributed by atoms with van der Waals surface area (Å²) in [5, 5.41) is 2.62. The number of thiocarbonyl (C=S) groups is 1. The molecule has 1 aromatic carbocycles. The number of carbonyl (C=O) groups excluding carboxylic acids is 1. The summed E-state index contributed by atoms with van der Waals surface area (Å²) in [6, 6.07) is 7.81. The van der Waals surface area contributed by atoms with Gasteiger partial charge in [-0.1, -0.05) is 18.3 Å². The normalized spacial score (nSPS) is 9.95. The maximum Gasteiger partial charge on any atom is 0.257 e. The lowest BCUT2D eigenvalue weighted by Crippen LogP contribution is -2.18. The van der Waals surface area contributed by atoms with E-state index < -0.39 is 11.7 Å². The fourth-order valence-electron chi connectivity index (χ4n) is 1.56. The first-order valence-corrected chi connectivity index (χ1v) is 6.38. The van der Waals surface area contributed by atoms with Gasteiger partial charge >= 0.3 is 0 Å². The van der Waals surface area contributed by atoms with Crippen LogP contribution in [0.15, 0.2) is 42.7 Å². The molecule has 1 aromatic heterocycles. The SMILES string of the molecule is NC(=S)COc1cccc(NC(=O)c2cncc(F)c2)c1. The van der Waals surface area contributed by atoms with Crippen molar-refractivity contribution >= 4 is 28.8 Å². The smallest absolute Gasteiger partial charge is 0.257 e. The van der Waals surface area contributed by atoms with E-state index in [2.05, 4.69) is 10.3 Å². The van der Waals surface area contributed by atoms with Gasteiger partial charge in [-0.3, -0.25) is 9.78 Å². The van der Waals surface area contributed by atoms with Crippen molar-refractivity contribution in [2.24, 2.45) is 5.73 Å². The lowest BCUT2D eigenvalue weighted by atomic mass is 10.2. The van der Waals surface area contributed by atoms with Crippen molar-refractivity contribution < 1.29 is 13.9 Å². The first-order valence-electron chi connectivity index (χ1n) is 5.97. The number of hydrogen-bond acceptors (Lipinski definition) is 4. The summed E-state index contributed by atoms with van der Waals surface area (Å²) < 4.78 is 18.3. The van der Waals surface area contributed by atoms with Crippen molar-refractivity contribution in [3.05, 3.63) is 54.1 Å². The molecule has 1 amide bonds. The lowest BCUT2D eigenvalue weighted by Gasteiger charge is -2.08. The molecule has 0 unspecified atom stereocenters. The van der Waals surface area contributed by atoms with E-state index in [1.54, 1.807) is 24.3 Å². The average Bonchev–Trinajstić information content (AvgIpc) is 2.45. The number of ether oxygens (including phenoxy) is 1. The van der Waals surface area contributed by atoms with Gasteiger partial charge in [0, 0.05) is 18.0 Å². The molecule has 0 atom stereocenters. The highest BCUT2D eigenvalue weighted by Crippen LogP contribution is 2.18. The monoisotopic (exact) mass is 305 g/mol. The highest BCUT2D eigenvalue weighted by atomic mass is 32.1. The average molecular weight is 305 g/mol. The van der Waals surface area contributed by atoms with Crippen LogP contribution in [0, 0.1) is 5.82 Å². The molecule has 3 N–H and O–H groups in total. The molecule has 0 aliphatic heterocycles. The predicted octanol–water partition coefficient (Wildman–Crippen LogP) is 2.14. The van der Waals surface area contributed by atoms with Gasteiger partial charge in [0.1, 0.15) is 23.2 Å². The summed E-state index contributed by atoms with van der Waals surface area (Å²) in [5.74, 6) is -0.525. The second-order valence-corrected chi connectivity index (χ2v) is 4.65. The Labute approximate surface area is 125 Å². The Morgan fingerprint density at radius 3 is 2.90 bits per heavy atom. The molecule has 0 spiro atoms. The number of halogens is 1. The minimum Gasteiger partial charge on any atom is -0.486 e. The van der Waals surface area contributed by atoms with Gasteiger partial charge < -0.3 is 15.8 Å². The van der Waals surface area contributed by atoms with Gasteiger partial charge in [0.05, 0.1) is 11.8 Å². The second-order valence-electron chi connectivity index (χ2n) is 4.13. The highest BCUT2D eigenvalue weighted by Gasteiger charge is 2.08. The Bertz CT molecular complexity index is 679. The Balaban J connectivity index is 2.07. The van der Waals surface area contributed by atoms with E-state index >= 15 is 0 Å². The summed E-state index contributed by atoms with van der Waals surface area (Å²) in [4.78, 5) is 15.8. The highest BCUT2D eigenvalue weighted by molar-refractivity contribution is 7.80. The van der Waals surface area contributed by atoms with Crippen molar-refractivity contribution in [1.82, 2.24) is 4.98 Å². The number of carbonyl (C=O) groups is 1. The summed E-state index contributed by atoms with van der Waals surface area (Å²) in [7, 11) is 0.